The molecule has 0 spiro atoms. The molecular formula is C22H26O2Si. The minimum atomic E-state index is -2.52. The largest absolute Gasteiger partial charge is 0.401 e. The molecule has 3 heteroatoms. The molecule has 1 aliphatic carbocycles. The lowest BCUT2D eigenvalue weighted by Gasteiger charge is -2.45. The molecule has 0 heterocycles. The summed E-state index contributed by atoms with van der Waals surface area (Å²) in [4.78, 5) is 11.6. The Morgan fingerprint density at radius 3 is 1.84 bits per heavy atom. The molecular weight excluding hydrogens is 324 g/mol. The summed E-state index contributed by atoms with van der Waals surface area (Å²) >= 11 is 0. The van der Waals surface area contributed by atoms with E-state index in [2.05, 4.69) is 81.4 Å². The van der Waals surface area contributed by atoms with Crippen LogP contribution in [-0.2, 0) is 9.22 Å². The molecule has 0 aromatic heterocycles. The van der Waals surface area contributed by atoms with Gasteiger partial charge in [-0.05, 0) is 27.9 Å². The standard InChI is InChI=1S/C22H26O2Si/c1-22(2,3)25(20-10-6-4-7-11-20,21-12-8-5-9-13-21)24-19-16-14-18(23)15-17-19/h4-14,16,19H,15,17H2,1-3H3. The molecule has 25 heavy (non-hydrogen) atoms. The van der Waals surface area contributed by atoms with Crippen molar-refractivity contribution in [3.8, 4) is 0 Å². The predicted molar refractivity (Wildman–Crippen MR) is 106 cm³/mol. The molecule has 0 N–H and O–H groups in total. The van der Waals surface area contributed by atoms with Crippen LogP contribution in [0.4, 0.5) is 0 Å². The van der Waals surface area contributed by atoms with E-state index in [1.165, 1.54) is 10.4 Å². The topological polar surface area (TPSA) is 26.3 Å². The van der Waals surface area contributed by atoms with E-state index < -0.39 is 8.32 Å². The van der Waals surface area contributed by atoms with Crippen molar-refractivity contribution in [1.29, 1.82) is 0 Å². The zero-order chi connectivity index (χ0) is 17.9. The number of hydrogen-bond donors (Lipinski definition) is 0. The van der Waals surface area contributed by atoms with Crippen molar-refractivity contribution in [3.05, 3.63) is 72.8 Å². The average molecular weight is 351 g/mol. The van der Waals surface area contributed by atoms with Gasteiger partial charge in [0.25, 0.3) is 8.32 Å². The highest BCUT2D eigenvalue weighted by atomic mass is 28.4. The van der Waals surface area contributed by atoms with Crippen LogP contribution in [0.3, 0.4) is 0 Å². The maximum absolute atomic E-state index is 11.6. The Morgan fingerprint density at radius 1 is 0.920 bits per heavy atom. The first-order valence-corrected chi connectivity index (χ1v) is 10.8. The van der Waals surface area contributed by atoms with Crippen LogP contribution < -0.4 is 10.4 Å². The molecule has 0 aliphatic heterocycles. The summed E-state index contributed by atoms with van der Waals surface area (Å²) in [5.41, 5.74) is 0. The van der Waals surface area contributed by atoms with E-state index in [4.69, 9.17) is 4.43 Å². The lowest BCUT2D eigenvalue weighted by atomic mass is 10.0. The maximum atomic E-state index is 11.6. The van der Waals surface area contributed by atoms with Gasteiger partial charge in [-0.1, -0.05) is 87.5 Å². The number of ketones is 1. The monoisotopic (exact) mass is 350 g/mol. The molecule has 0 bridgehead atoms. The molecule has 0 radical (unpaired) electrons. The van der Waals surface area contributed by atoms with Gasteiger partial charge in [-0.25, -0.2) is 0 Å². The molecule has 1 aliphatic rings. The van der Waals surface area contributed by atoms with E-state index >= 15 is 0 Å². The summed E-state index contributed by atoms with van der Waals surface area (Å²) in [6, 6.07) is 21.3. The third-order valence-corrected chi connectivity index (χ3v) is 9.98. The van der Waals surface area contributed by atoms with E-state index in [1.807, 2.05) is 6.08 Å². The van der Waals surface area contributed by atoms with E-state index in [-0.39, 0.29) is 16.9 Å². The molecule has 1 unspecified atom stereocenters. The Balaban J connectivity index is 2.15. The van der Waals surface area contributed by atoms with Gasteiger partial charge in [0.05, 0.1) is 6.10 Å². The van der Waals surface area contributed by atoms with Crippen LogP contribution in [0.15, 0.2) is 72.8 Å². The average Bonchev–Trinajstić information content (AvgIpc) is 2.62. The number of allylic oxidation sites excluding steroid dienone is 1. The first-order valence-electron chi connectivity index (χ1n) is 8.93. The summed E-state index contributed by atoms with van der Waals surface area (Å²) in [7, 11) is -2.52. The first kappa shape index (κ1) is 17.8. The normalized spacial score (nSPS) is 18.4. The van der Waals surface area contributed by atoms with E-state index in [1.54, 1.807) is 6.08 Å². The van der Waals surface area contributed by atoms with Gasteiger partial charge in [0.1, 0.15) is 0 Å². The fourth-order valence-corrected chi connectivity index (χ4v) is 8.36. The van der Waals surface area contributed by atoms with Crippen molar-refractivity contribution in [2.24, 2.45) is 0 Å². The van der Waals surface area contributed by atoms with Crippen LogP contribution in [0.25, 0.3) is 0 Å². The van der Waals surface area contributed by atoms with Crippen LogP contribution in [-0.4, -0.2) is 20.2 Å². The number of carbonyl (C=O) groups is 1. The number of rotatable bonds is 4. The van der Waals surface area contributed by atoms with E-state index in [0.29, 0.717) is 6.42 Å². The molecule has 0 fully saturated rings. The van der Waals surface area contributed by atoms with Crippen LogP contribution >= 0.6 is 0 Å². The minimum Gasteiger partial charge on any atom is -0.401 e. The quantitative estimate of drug-likeness (QED) is 0.783. The van der Waals surface area contributed by atoms with Gasteiger partial charge in [-0.3, -0.25) is 4.79 Å². The molecule has 0 saturated heterocycles. The smallest absolute Gasteiger partial charge is 0.261 e. The lowest BCUT2D eigenvalue weighted by molar-refractivity contribution is -0.115. The first-order chi connectivity index (χ1) is 11.9. The van der Waals surface area contributed by atoms with E-state index in [9.17, 15) is 4.79 Å². The number of benzene rings is 2. The van der Waals surface area contributed by atoms with Crippen molar-refractivity contribution >= 4 is 24.5 Å². The van der Waals surface area contributed by atoms with Gasteiger partial charge >= 0.3 is 0 Å². The van der Waals surface area contributed by atoms with Gasteiger partial charge in [0, 0.05) is 6.42 Å². The Morgan fingerprint density at radius 2 is 1.44 bits per heavy atom. The number of hydrogen-bond acceptors (Lipinski definition) is 2. The Bertz CT molecular complexity index is 705. The molecule has 2 aromatic rings. The fraction of sp³-hybridized carbons (Fsp3) is 0.318. The van der Waals surface area contributed by atoms with Crippen molar-refractivity contribution < 1.29 is 9.22 Å². The van der Waals surface area contributed by atoms with Gasteiger partial charge < -0.3 is 4.43 Å². The zero-order valence-corrected chi connectivity index (χ0v) is 16.2. The molecule has 1 atom stereocenters. The molecule has 130 valence electrons. The highest BCUT2D eigenvalue weighted by Gasteiger charge is 2.51. The minimum absolute atomic E-state index is 0.0102. The summed E-state index contributed by atoms with van der Waals surface area (Å²) in [5, 5.41) is 2.52. The summed E-state index contributed by atoms with van der Waals surface area (Å²) in [5.74, 6) is 0.197. The van der Waals surface area contributed by atoms with Gasteiger partial charge in [-0.2, -0.15) is 0 Å². The maximum Gasteiger partial charge on any atom is 0.261 e. The third kappa shape index (κ3) is 3.53. The molecule has 2 aromatic carbocycles. The predicted octanol–water partition coefficient (Wildman–Crippen LogP) is 3.85. The summed E-state index contributed by atoms with van der Waals surface area (Å²) < 4.78 is 6.96. The van der Waals surface area contributed by atoms with Crippen molar-refractivity contribution in [1.82, 2.24) is 0 Å². The van der Waals surface area contributed by atoms with Gasteiger partial charge in [0.2, 0.25) is 0 Å². The molecule has 3 rings (SSSR count). The second-order valence-electron chi connectivity index (χ2n) is 7.68. The van der Waals surface area contributed by atoms with Crippen molar-refractivity contribution in [2.75, 3.05) is 0 Å². The zero-order valence-electron chi connectivity index (χ0n) is 15.2. The highest BCUT2D eigenvalue weighted by molar-refractivity contribution is 6.99. The summed E-state index contributed by atoms with van der Waals surface area (Å²) in [6.45, 7) is 6.82. The second-order valence-corrected chi connectivity index (χ2v) is 11.9. The second kappa shape index (κ2) is 7.10. The SMILES string of the molecule is CC(C)(C)[Si](OC1C=CC(=O)CC1)(c1ccccc1)c1ccccc1. The van der Waals surface area contributed by atoms with Crippen molar-refractivity contribution in [3.63, 3.8) is 0 Å². The van der Waals surface area contributed by atoms with Crippen LogP contribution in [0, 0.1) is 0 Å². The summed E-state index contributed by atoms with van der Waals surface area (Å²) in [6.07, 6.45) is 4.96. The Hall–Kier alpha value is -1.97. The van der Waals surface area contributed by atoms with Crippen LogP contribution in [0.1, 0.15) is 33.6 Å². The number of carbonyl (C=O) groups excluding carboxylic acids is 1. The van der Waals surface area contributed by atoms with Crippen LogP contribution in [0.5, 0.6) is 0 Å². The Kier molecular flexibility index (Phi) is 5.07. The molecule has 0 amide bonds. The fourth-order valence-electron chi connectivity index (χ4n) is 3.70. The Labute approximate surface area is 151 Å². The lowest BCUT2D eigenvalue weighted by Crippen LogP contribution is -2.67. The van der Waals surface area contributed by atoms with E-state index in [0.717, 1.165) is 6.42 Å². The highest BCUT2D eigenvalue weighted by Crippen LogP contribution is 2.38. The third-order valence-electron chi connectivity index (χ3n) is 4.92. The molecule has 2 nitrogen and oxygen atoms in total. The molecule has 0 saturated carbocycles. The van der Waals surface area contributed by atoms with Crippen LogP contribution in [0.2, 0.25) is 5.04 Å². The van der Waals surface area contributed by atoms with Gasteiger partial charge in [-0.15, -0.1) is 0 Å². The van der Waals surface area contributed by atoms with Gasteiger partial charge in [0.15, 0.2) is 5.78 Å². The van der Waals surface area contributed by atoms with Crippen molar-refractivity contribution in [2.45, 2.75) is 44.8 Å².